The van der Waals surface area contributed by atoms with Crippen LogP contribution in [0.25, 0.3) is 87.6 Å². The predicted octanol–water partition coefficient (Wildman–Crippen LogP) is 21.0. The van der Waals surface area contributed by atoms with Crippen LogP contribution in [0.5, 0.6) is 0 Å². The zero-order valence-electron chi connectivity index (χ0n) is 46.5. The summed E-state index contributed by atoms with van der Waals surface area (Å²) in [5.41, 5.74) is 16.3. The van der Waals surface area contributed by atoms with Gasteiger partial charge in [-0.25, -0.2) is 0 Å². The number of hydrogen-bond acceptors (Lipinski definition) is 2. The summed E-state index contributed by atoms with van der Waals surface area (Å²) in [5.74, 6) is 0. The van der Waals surface area contributed by atoms with E-state index in [0.717, 1.165) is 34.1 Å². The van der Waals surface area contributed by atoms with Crippen LogP contribution in [0.15, 0.2) is 279 Å². The molecular weight excluding hydrogens is 997 g/mol. The second-order valence-electron chi connectivity index (χ2n) is 23.4. The first-order valence-electron chi connectivity index (χ1n) is 28.1. The lowest BCUT2D eigenvalue weighted by Gasteiger charge is -2.29. The van der Waals surface area contributed by atoms with Gasteiger partial charge < -0.3 is 9.80 Å². The Morgan fingerprint density at radius 2 is 0.525 bits per heavy atom. The maximum Gasteiger partial charge on any atom is 0.0775 e. The van der Waals surface area contributed by atoms with Gasteiger partial charge in [0.25, 0.3) is 0 Å². The lowest BCUT2D eigenvalue weighted by molar-refractivity contribution is 1.29. The number of hydrogen-bond donors (Lipinski definition) is 0. The minimum absolute atomic E-state index is 1.10. The molecule has 0 aliphatic carbocycles. The lowest BCUT2D eigenvalue weighted by atomic mass is 9.83. The van der Waals surface area contributed by atoms with Gasteiger partial charge in [-0.3, -0.25) is 0 Å². The molecule has 0 aliphatic rings. The second-order valence-corrected chi connectivity index (χ2v) is 33.5. The van der Waals surface area contributed by atoms with Crippen molar-refractivity contribution >= 4 is 104 Å². The lowest BCUT2D eigenvalue weighted by Crippen LogP contribution is -2.37. The van der Waals surface area contributed by atoms with E-state index in [-0.39, 0.29) is 0 Å². The van der Waals surface area contributed by atoms with Crippen LogP contribution in [0, 0.1) is 0 Å². The van der Waals surface area contributed by atoms with E-state index in [9.17, 15) is 0 Å². The van der Waals surface area contributed by atoms with Crippen LogP contribution < -0.4 is 20.2 Å². The Morgan fingerprint density at radius 1 is 0.225 bits per heavy atom. The van der Waals surface area contributed by atoms with E-state index in [2.05, 4.69) is 328 Å². The molecule has 0 spiro atoms. The van der Waals surface area contributed by atoms with E-state index in [1.165, 1.54) is 98.0 Å². The number of benzene rings is 13. The van der Waals surface area contributed by atoms with Crippen LogP contribution in [0.3, 0.4) is 0 Å². The summed E-state index contributed by atoms with van der Waals surface area (Å²) >= 11 is 0. The topological polar surface area (TPSA) is 6.48 Å². The zero-order chi connectivity index (χ0) is 54.5. The normalized spacial score (nSPS) is 11.9. The fourth-order valence-corrected chi connectivity index (χ4v) is 14.3. The van der Waals surface area contributed by atoms with Gasteiger partial charge in [0.05, 0.1) is 16.1 Å². The molecule has 13 aromatic rings. The van der Waals surface area contributed by atoms with Crippen molar-refractivity contribution in [3.63, 3.8) is 0 Å². The van der Waals surface area contributed by atoms with Crippen molar-refractivity contribution in [1.29, 1.82) is 0 Å². The van der Waals surface area contributed by atoms with Gasteiger partial charge in [0, 0.05) is 34.1 Å². The highest BCUT2D eigenvalue weighted by molar-refractivity contribution is 6.89. The fraction of sp³-hybridized carbons (Fsp3) is 0.0789. The van der Waals surface area contributed by atoms with Crippen LogP contribution in [0.1, 0.15) is 0 Å². The summed E-state index contributed by atoms with van der Waals surface area (Å²) in [5, 5.41) is 12.5. The second kappa shape index (κ2) is 20.6. The molecule has 386 valence electrons. The highest BCUT2D eigenvalue weighted by atomic mass is 28.3. The molecule has 0 atom stereocenters. The zero-order valence-corrected chi connectivity index (χ0v) is 48.5. The minimum Gasteiger partial charge on any atom is -0.310 e. The molecule has 0 saturated carbocycles. The molecule has 2 nitrogen and oxygen atoms in total. The van der Waals surface area contributed by atoms with E-state index in [1.807, 2.05) is 0 Å². The van der Waals surface area contributed by atoms with Gasteiger partial charge >= 0.3 is 0 Å². The van der Waals surface area contributed by atoms with Gasteiger partial charge in [-0.05, 0) is 160 Å². The average molecular weight is 1060 g/mol. The van der Waals surface area contributed by atoms with Gasteiger partial charge in [-0.1, -0.05) is 256 Å². The van der Waals surface area contributed by atoms with Crippen molar-refractivity contribution in [2.24, 2.45) is 0 Å². The Balaban J connectivity index is 1.11. The van der Waals surface area contributed by atoms with E-state index >= 15 is 0 Å². The van der Waals surface area contributed by atoms with Crippen molar-refractivity contribution in [3.05, 3.63) is 279 Å². The summed E-state index contributed by atoms with van der Waals surface area (Å²) in [6.07, 6.45) is 0. The van der Waals surface area contributed by atoms with E-state index in [4.69, 9.17) is 0 Å². The Bertz CT molecular complexity index is 4090. The molecule has 0 unspecified atom stereocenters. The fourth-order valence-electron chi connectivity index (χ4n) is 11.9. The number of nitrogens with zero attached hydrogens (tertiary/aromatic N) is 2. The van der Waals surface area contributed by atoms with Gasteiger partial charge in [-0.15, -0.1) is 0 Å². The number of fused-ring (bicyclic) bond motifs is 4. The van der Waals surface area contributed by atoms with Crippen molar-refractivity contribution < 1.29 is 0 Å². The molecule has 0 aliphatic heterocycles. The van der Waals surface area contributed by atoms with Crippen molar-refractivity contribution in [2.75, 3.05) is 9.80 Å². The smallest absolute Gasteiger partial charge is 0.0775 e. The minimum atomic E-state index is -1.58. The van der Waals surface area contributed by atoms with Crippen LogP contribution in [0.2, 0.25) is 39.3 Å². The quantitative estimate of drug-likeness (QED) is 0.0889. The number of rotatable bonds is 12. The molecule has 0 bridgehead atoms. The van der Waals surface area contributed by atoms with Crippen LogP contribution in [-0.2, 0) is 0 Å². The van der Waals surface area contributed by atoms with E-state index in [0.29, 0.717) is 0 Å². The molecule has 0 heterocycles. The molecule has 0 fully saturated rings. The first-order valence-corrected chi connectivity index (χ1v) is 35.1. The summed E-state index contributed by atoms with van der Waals surface area (Å²) in [4.78, 5) is 4.91. The standard InChI is InChI=1S/C76H64N2Si2/c1-79(2,3)65-45-39-61(40-46-65)77(59-35-31-55(32-36-59)53-19-9-7-10-20-53)63-43-49-71-73(51-63)75(69-29-17-25-57-23-13-15-27-67(57)69)72-50-44-64(52-74(72)76(71)70-30-18-26-58-24-14-16-28-68(58)70)78(62-41-47-66(48-42-62)80(4,5)6)60-37-33-56(34-38-60)54-21-11-8-12-22-54/h7-52H,1-6H3. The van der Waals surface area contributed by atoms with Gasteiger partial charge in [0.15, 0.2) is 0 Å². The highest BCUT2D eigenvalue weighted by Gasteiger charge is 2.25. The largest absolute Gasteiger partial charge is 0.310 e. The molecule has 0 radical (unpaired) electrons. The summed E-state index contributed by atoms with van der Waals surface area (Å²) in [6, 6.07) is 104. The first-order chi connectivity index (χ1) is 38.9. The Kier molecular flexibility index (Phi) is 13.0. The third kappa shape index (κ3) is 9.51. The Morgan fingerprint density at radius 3 is 0.887 bits per heavy atom. The monoisotopic (exact) mass is 1060 g/mol. The van der Waals surface area contributed by atoms with Gasteiger partial charge in [0.2, 0.25) is 0 Å². The number of anilines is 6. The van der Waals surface area contributed by atoms with E-state index in [1.54, 1.807) is 0 Å². The molecule has 4 heteroatoms. The summed E-state index contributed by atoms with van der Waals surface area (Å²) in [6.45, 7) is 14.5. The SMILES string of the molecule is C[Si](C)(C)c1ccc(N(c2ccc(-c3ccccc3)cc2)c2ccc3c(-c4cccc5ccccc45)c4cc(N(c5ccc(-c6ccccc6)cc5)c5ccc([Si](C)(C)C)cc5)ccc4c(-c4cccc5ccccc45)c3c2)cc1. The third-order valence-electron chi connectivity index (χ3n) is 16.2. The summed E-state index contributed by atoms with van der Waals surface area (Å²) < 4.78 is 0. The molecular formula is C76H64N2Si2. The Labute approximate surface area is 473 Å². The van der Waals surface area contributed by atoms with Crippen LogP contribution >= 0.6 is 0 Å². The third-order valence-corrected chi connectivity index (χ3v) is 20.3. The van der Waals surface area contributed by atoms with Crippen molar-refractivity contribution in [2.45, 2.75) is 39.3 Å². The maximum atomic E-state index is 2.48. The van der Waals surface area contributed by atoms with E-state index < -0.39 is 16.1 Å². The molecule has 0 amide bonds. The molecule has 0 aromatic heterocycles. The average Bonchev–Trinajstić information content (AvgIpc) is 3.51. The van der Waals surface area contributed by atoms with Crippen LogP contribution in [0.4, 0.5) is 34.1 Å². The maximum absolute atomic E-state index is 2.48. The predicted molar refractivity (Wildman–Crippen MR) is 354 cm³/mol. The first kappa shape index (κ1) is 50.4. The highest BCUT2D eigenvalue weighted by Crippen LogP contribution is 2.50. The van der Waals surface area contributed by atoms with Gasteiger partial charge in [-0.2, -0.15) is 0 Å². The summed E-state index contributed by atoms with van der Waals surface area (Å²) in [7, 11) is -3.16. The molecule has 80 heavy (non-hydrogen) atoms. The Hall–Kier alpha value is -9.07. The molecule has 13 aromatic carbocycles. The molecule has 0 saturated heterocycles. The molecule has 0 N–H and O–H groups in total. The van der Waals surface area contributed by atoms with Crippen molar-refractivity contribution in [1.82, 2.24) is 0 Å². The molecule has 13 rings (SSSR count). The van der Waals surface area contributed by atoms with Crippen molar-refractivity contribution in [3.8, 4) is 44.5 Å². The van der Waals surface area contributed by atoms with Gasteiger partial charge in [0.1, 0.15) is 0 Å². The van der Waals surface area contributed by atoms with Crippen LogP contribution in [-0.4, -0.2) is 16.1 Å².